The third-order valence-corrected chi connectivity index (χ3v) is 4.38. The van der Waals surface area contributed by atoms with E-state index in [9.17, 15) is 0 Å². The van der Waals surface area contributed by atoms with Crippen molar-refractivity contribution in [3.05, 3.63) is 53.1 Å². The summed E-state index contributed by atoms with van der Waals surface area (Å²) in [6.07, 6.45) is 5.09. The van der Waals surface area contributed by atoms with E-state index in [0.717, 1.165) is 29.2 Å². The summed E-state index contributed by atoms with van der Waals surface area (Å²) in [5.74, 6) is 0.790. The monoisotopic (exact) mass is 292 g/mol. The maximum absolute atomic E-state index is 5.79. The van der Waals surface area contributed by atoms with Crippen LogP contribution in [-0.2, 0) is 19.4 Å². The molecule has 112 valence electrons. The van der Waals surface area contributed by atoms with Gasteiger partial charge in [0.05, 0.1) is 11.0 Å². The van der Waals surface area contributed by atoms with Crippen LogP contribution in [0.2, 0.25) is 0 Å². The molecule has 0 saturated heterocycles. The van der Waals surface area contributed by atoms with Gasteiger partial charge in [-0.25, -0.2) is 4.98 Å². The second kappa shape index (κ2) is 5.37. The van der Waals surface area contributed by atoms with Gasteiger partial charge in [-0.05, 0) is 60.6 Å². The molecule has 1 heterocycles. The van der Waals surface area contributed by atoms with Crippen molar-refractivity contribution in [2.45, 2.75) is 32.2 Å². The van der Waals surface area contributed by atoms with Gasteiger partial charge in [-0.1, -0.05) is 18.2 Å². The van der Waals surface area contributed by atoms with Crippen molar-refractivity contribution < 1.29 is 0 Å². The molecule has 1 aromatic heterocycles. The van der Waals surface area contributed by atoms with Gasteiger partial charge in [-0.2, -0.15) is 0 Å². The molecule has 0 atom stereocenters. The van der Waals surface area contributed by atoms with Crippen molar-refractivity contribution in [3.8, 4) is 0 Å². The number of hydrogen-bond acceptors (Lipinski definition) is 3. The Morgan fingerprint density at radius 2 is 1.91 bits per heavy atom. The lowest BCUT2D eigenvalue weighted by molar-refractivity contribution is 0.684. The van der Waals surface area contributed by atoms with Gasteiger partial charge in [-0.15, -0.1) is 0 Å². The summed E-state index contributed by atoms with van der Waals surface area (Å²) >= 11 is 0. The van der Waals surface area contributed by atoms with Gasteiger partial charge < -0.3 is 16.0 Å². The maximum Gasteiger partial charge on any atom is 0.201 e. The van der Waals surface area contributed by atoms with Crippen LogP contribution in [0.3, 0.4) is 0 Å². The molecule has 1 aliphatic rings. The van der Waals surface area contributed by atoms with Crippen molar-refractivity contribution >= 4 is 22.7 Å². The van der Waals surface area contributed by atoms with Crippen molar-refractivity contribution in [1.82, 2.24) is 9.97 Å². The molecule has 0 fully saturated rings. The molecular formula is C18H20N4. The third-order valence-electron chi connectivity index (χ3n) is 4.38. The highest BCUT2D eigenvalue weighted by Crippen LogP contribution is 2.23. The first-order valence-electron chi connectivity index (χ1n) is 7.88. The highest BCUT2D eigenvalue weighted by Gasteiger charge is 2.09. The van der Waals surface area contributed by atoms with Gasteiger partial charge in [-0.3, -0.25) is 0 Å². The number of aromatic nitrogens is 2. The van der Waals surface area contributed by atoms with Crippen LogP contribution in [0.25, 0.3) is 11.0 Å². The van der Waals surface area contributed by atoms with Crippen LogP contribution in [0.4, 0.5) is 11.6 Å². The van der Waals surface area contributed by atoms with E-state index in [4.69, 9.17) is 5.73 Å². The number of imidazole rings is 1. The number of nitrogens with one attached hydrogen (secondary N) is 2. The standard InChI is InChI=1S/C18H20N4/c19-15-7-8-16-17(10-15)22-18(21-16)20-11-12-5-6-13-3-1-2-4-14(13)9-12/h5-10H,1-4,11,19H2,(H2,20,21,22). The number of benzene rings is 2. The Morgan fingerprint density at radius 1 is 1.05 bits per heavy atom. The van der Waals surface area contributed by atoms with Crippen LogP contribution in [0.5, 0.6) is 0 Å². The van der Waals surface area contributed by atoms with E-state index in [-0.39, 0.29) is 0 Å². The molecule has 0 amide bonds. The number of hydrogen-bond donors (Lipinski definition) is 3. The summed E-state index contributed by atoms with van der Waals surface area (Å²) in [6, 6.07) is 12.6. The highest BCUT2D eigenvalue weighted by molar-refractivity contribution is 5.80. The van der Waals surface area contributed by atoms with Crippen molar-refractivity contribution in [1.29, 1.82) is 0 Å². The van der Waals surface area contributed by atoms with Crippen molar-refractivity contribution in [3.63, 3.8) is 0 Å². The minimum absolute atomic E-state index is 0.748. The Morgan fingerprint density at radius 3 is 2.82 bits per heavy atom. The van der Waals surface area contributed by atoms with Crippen LogP contribution in [0.1, 0.15) is 29.5 Å². The first-order valence-corrected chi connectivity index (χ1v) is 7.88. The molecule has 22 heavy (non-hydrogen) atoms. The first kappa shape index (κ1) is 13.2. The van der Waals surface area contributed by atoms with Crippen molar-refractivity contribution in [2.75, 3.05) is 11.1 Å². The van der Waals surface area contributed by atoms with Crippen LogP contribution >= 0.6 is 0 Å². The van der Waals surface area contributed by atoms with E-state index in [0.29, 0.717) is 0 Å². The molecule has 0 bridgehead atoms. The largest absolute Gasteiger partial charge is 0.399 e. The van der Waals surface area contributed by atoms with Gasteiger partial charge in [0.15, 0.2) is 0 Å². The number of aryl methyl sites for hydroxylation is 2. The van der Waals surface area contributed by atoms with Crippen LogP contribution < -0.4 is 11.1 Å². The Bertz CT molecular complexity index is 819. The molecule has 0 spiro atoms. The van der Waals surface area contributed by atoms with Gasteiger partial charge in [0.1, 0.15) is 0 Å². The predicted octanol–water partition coefficient (Wildman–Crippen LogP) is 3.64. The quantitative estimate of drug-likeness (QED) is 0.646. The van der Waals surface area contributed by atoms with Gasteiger partial charge in [0, 0.05) is 12.2 Å². The zero-order valence-electron chi connectivity index (χ0n) is 12.5. The third kappa shape index (κ3) is 2.52. The molecule has 3 aromatic rings. The van der Waals surface area contributed by atoms with E-state index in [1.165, 1.54) is 42.4 Å². The number of nitrogens with two attached hydrogens (primary N) is 1. The van der Waals surface area contributed by atoms with Crippen molar-refractivity contribution in [2.24, 2.45) is 0 Å². The molecular weight excluding hydrogens is 272 g/mol. The number of nitrogens with zero attached hydrogens (tertiary/aromatic N) is 1. The molecule has 4 nitrogen and oxygen atoms in total. The molecule has 2 aromatic carbocycles. The molecule has 0 aliphatic heterocycles. The summed E-state index contributed by atoms with van der Waals surface area (Å²) in [6.45, 7) is 0.780. The average Bonchev–Trinajstić information content (AvgIpc) is 2.94. The lowest BCUT2D eigenvalue weighted by Gasteiger charge is -2.16. The molecule has 4 N–H and O–H groups in total. The molecule has 4 rings (SSSR count). The number of rotatable bonds is 3. The van der Waals surface area contributed by atoms with E-state index in [1.54, 1.807) is 0 Å². The lowest BCUT2D eigenvalue weighted by Crippen LogP contribution is -2.06. The summed E-state index contributed by atoms with van der Waals surface area (Å²) < 4.78 is 0. The average molecular weight is 292 g/mol. The van der Waals surface area contributed by atoms with Gasteiger partial charge in [0.25, 0.3) is 0 Å². The minimum Gasteiger partial charge on any atom is -0.399 e. The second-order valence-electron chi connectivity index (χ2n) is 6.03. The van der Waals surface area contributed by atoms with Gasteiger partial charge in [0.2, 0.25) is 5.95 Å². The molecule has 0 radical (unpaired) electrons. The number of fused-ring (bicyclic) bond motifs is 2. The van der Waals surface area contributed by atoms with Crippen LogP contribution in [-0.4, -0.2) is 9.97 Å². The topological polar surface area (TPSA) is 66.7 Å². The minimum atomic E-state index is 0.748. The molecule has 1 aliphatic carbocycles. The number of H-pyrrole nitrogens is 1. The van der Waals surface area contributed by atoms with Gasteiger partial charge >= 0.3 is 0 Å². The smallest absolute Gasteiger partial charge is 0.201 e. The fourth-order valence-electron chi connectivity index (χ4n) is 3.19. The lowest BCUT2D eigenvalue weighted by atomic mass is 9.90. The fraction of sp³-hybridized carbons (Fsp3) is 0.278. The van der Waals surface area contributed by atoms with E-state index >= 15 is 0 Å². The Labute approximate surface area is 129 Å². The number of nitrogen functional groups attached to an aromatic ring is 1. The number of anilines is 2. The highest BCUT2D eigenvalue weighted by atomic mass is 15.1. The summed E-state index contributed by atoms with van der Waals surface area (Å²) in [4.78, 5) is 7.80. The number of aromatic amines is 1. The van der Waals surface area contributed by atoms with E-state index < -0.39 is 0 Å². The zero-order chi connectivity index (χ0) is 14.9. The summed E-state index contributed by atoms with van der Waals surface area (Å²) in [5.41, 5.74) is 12.8. The summed E-state index contributed by atoms with van der Waals surface area (Å²) in [7, 11) is 0. The fourth-order valence-corrected chi connectivity index (χ4v) is 3.19. The Hall–Kier alpha value is -2.49. The van der Waals surface area contributed by atoms with Crippen LogP contribution in [0.15, 0.2) is 36.4 Å². The normalized spacial score (nSPS) is 14.0. The molecule has 0 saturated carbocycles. The molecule has 4 heteroatoms. The zero-order valence-corrected chi connectivity index (χ0v) is 12.5. The van der Waals surface area contributed by atoms with E-state index in [2.05, 4.69) is 33.5 Å². The SMILES string of the molecule is Nc1ccc2nc(NCc3ccc4c(c3)CCCC4)[nH]c2c1. The van der Waals surface area contributed by atoms with E-state index in [1.807, 2.05) is 18.2 Å². The second-order valence-corrected chi connectivity index (χ2v) is 6.03. The molecule has 0 unspecified atom stereocenters. The Kier molecular flexibility index (Phi) is 3.22. The predicted molar refractivity (Wildman–Crippen MR) is 90.9 cm³/mol. The Balaban J connectivity index is 1.51. The first-order chi connectivity index (χ1) is 10.8. The van der Waals surface area contributed by atoms with Crippen LogP contribution in [0, 0.1) is 0 Å². The summed E-state index contributed by atoms with van der Waals surface area (Å²) in [5, 5.41) is 3.37. The maximum atomic E-state index is 5.79.